The van der Waals surface area contributed by atoms with E-state index in [9.17, 15) is 4.79 Å². The fourth-order valence-corrected chi connectivity index (χ4v) is 1.61. The van der Waals surface area contributed by atoms with Crippen molar-refractivity contribution in [2.24, 2.45) is 0 Å². The standard InChI is InChI=1S/C13H11ClN2O/c14-12-3-1-2-11(8-12)13(17)16-9-10-4-6-15-7-5-10/h1-8H,9H2,(H,16,17). The fourth-order valence-electron chi connectivity index (χ4n) is 1.41. The van der Waals surface area contributed by atoms with E-state index in [0.29, 0.717) is 17.1 Å². The smallest absolute Gasteiger partial charge is 0.251 e. The zero-order valence-corrected chi connectivity index (χ0v) is 9.82. The molecular weight excluding hydrogens is 236 g/mol. The van der Waals surface area contributed by atoms with Crippen LogP contribution in [0.3, 0.4) is 0 Å². The van der Waals surface area contributed by atoms with E-state index in [1.54, 1.807) is 36.7 Å². The highest BCUT2D eigenvalue weighted by atomic mass is 35.5. The van der Waals surface area contributed by atoms with E-state index in [1.165, 1.54) is 0 Å². The Bertz CT molecular complexity index is 514. The van der Waals surface area contributed by atoms with Gasteiger partial charge in [0.1, 0.15) is 0 Å². The first-order valence-electron chi connectivity index (χ1n) is 5.18. The molecule has 1 aromatic heterocycles. The van der Waals surface area contributed by atoms with E-state index in [-0.39, 0.29) is 5.91 Å². The molecule has 2 aromatic rings. The number of hydrogen-bond donors (Lipinski definition) is 1. The van der Waals surface area contributed by atoms with Crippen molar-refractivity contribution in [2.75, 3.05) is 0 Å². The van der Waals surface area contributed by atoms with Gasteiger partial charge in [0.05, 0.1) is 0 Å². The normalized spacial score (nSPS) is 9.94. The number of hydrogen-bond acceptors (Lipinski definition) is 2. The van der Waals surface area contributed by atoms with Crippen molar-refractivity contribution in [1.29, 1.82) is 0 Å². The molecule has 0 radical (unpaired) electrons. The van der Waals surface area contributed by atoms with Crippen molar-refractivity contribution in [3.05, 3.63) is 64.9 Å². The highest BCUT2D eigenvalue weighted by Gasteiger charge is 2.04. The van der Waals surface area contributed by atoms with Crippen molar-refractivity contribution in [1.82, 2.24) is 10.3 Å². The van der Waals surface area contributed by atoms with E-state index >= 15 is 0 Å². The summed E-state index contributed by atoms with van der Waals surface area (Å²) in [4.78, 5) is 15.7. The molecule has 0 saturated carbocycles. The number of amides is 1. The lowest BCUT2D eigenvalue weighted by Crippen LogP contribution is -2.22. The number of pyridine rings is 1. The molecular formula is C13H11ClN2O. The van der Waals surface area contributed by atoms with Gasteiger partial charge in [-0.15, -0.1) is 0 Å². The number of nitrogens with zero attached hydrogens (tertiary/aromatic N) is 1. The van der Waals surface area contributed by atoms with Crippen LogP contribution in [-0.2, 0) is 6.54 Å². The maximum Gasteiger partial charge on any atom is 0.251 e. The minimum Gasteiger partial charge on any atom is -0.348 e. The molecule has 3 nitrogen and oxygen atoms in total. The molecule has 86 valence electrons. The first-order valence-corrected chi connectivity index (χ1v) is 5.56. The number of halogens is 1. The van der Waals surface area contributed by atoms with Crippen molar-refractivity contribution >= 4 is 17.5 Å². The summed E-state index contributed by atoms with van der Waals surface area (Å²) in [5.41, 5.74) is 1.57. The number of rotatable bonds is 3. The van der Waals surface area contributed by atoms with Gasteiger partial charge in [0, 0.05) is 29.5 Å². The van der Waals surface area contributed by atoms with E-state index in [2.05, 4.69) is 10.3 Å². The Morgan fingerprint density at radius 2 is 2.00 bits per heavy atom. The van der Waals surface area contributed by atoms with E-state index in [4.69, 9.17) is 11.6 Å². The van der Waals surface area contributed by atoms with Gasteiger partial charge >= 0.3 is 0 Å². The van der Waals surface area contributed by atoms with Crippen LogP contribution in [0.1, 0.15) is 15.9 Å². The first kappa shape index (κ1) is 11.6. The highest BCUT2D eigenvalue weighted by molar-refractivity contribution is 6.30. The lowest BCUT2D eigenvalue weighted by molar-refractivity contribution is 0.0951. The van der Waals surface area contributed by atoms with E-state index in [0.717, 1.165) is 5.56 Å². The average molecular weight is 247 g/mol. The fraction of sp³-hybridized carbons (Fsp3) is 0.0769. The summed E-state index contributed by atoms with van der Waals surface area (Å²) >= 11 is 5.82. The summed E-state index contributed by atoms with van der Waals surface area (Å²) in [6.45, 7) is 0.480. The maximum atomic E-state index is 11.8. The zero-order valence-electron chi connectivity index (χ0n) is 9.06. The predicted molar refractivity (Wildman–Crippen MR) is 66.9 cm³/mol. The molecule has 17 heavy (non-hydrogen) atoms. The Kier molecular flexibility index (Phi) is 3.73. The Morgan fingerprint density at radius 3 is 2.71 bits per heavy atom. The molecule has 2 rings (SSSR count). The van der Waals surface area contributed by atoms with Gasteiger partial charge in [0.25, 0.3) is 5.91 Å². The third-order valence-electron chi connectivity index (χ3n) is 2.29. The van der Waals surface area contributed by atoms with Crippen LogP contribution in [0.5, 0.6) is 0 Å². The molecule has 1 amide bonds. The molecule has 1 aromatic carbocycles. The number of carbonyl (C=O) groups is 1. The van der Waals surface area contributed by atoms with Gasteiger partial charge in [-0.2, -0.15) is 0 Å². The van der Waals surface area contributed by atoms with Gasteiger partial charge in [-0.3, -0.25) is 9.78 Å². The Hall–Kier alpha value is -1.87. The lowest BCUT2D eigenvalue weighted by Gasteiger charge is -2.05. The second-order valence-electron chi connectivity index (χ2n) is 3.55. The van der Waals surface area contributed by atoms with Gasteiger partial charge in [-0.1, -0.05) is 17.7 Å². The second-order valence-corrected chi connectivity index (χ2v) is 3.98. The summed E-state index contributed by atoms with van der Waals surface area (Å²) in [7, 11) is 0. The van der Waals surface area contributed by atoms with Gasteiger partial charge in [0.2, 0.25) is 0 Å². The Morgan fingerprint density at radius 1 is 1.24 bits per heavy atom. The number of carbonyl (C=O) groups excluding carboxylic acids is 1. The number of aromatic nitrogens is 1. The molecule has 0 spiro atoms. The number of nitrogens with one attached hydrogen (secondary N) is 1. The summed E-state index contributed by atoms with van der Waals surface area (Å²) in [5, 5.41) is 3.37. The lowest BCUT2D eigenvalue weighted by atomic mass is 10.2. The molecule has 0 unspecified atom stereocenters. The monoisotopic (exact) mass is 246 g/mol. The van der Waals surface area contributed by atoms with Crippen LogP contribution in [-0.4, -0.2) is 10.9 Å². The largest absolute Gasteiger partial charge is 0.348 e. The first-order chi connectivity index (χ1) is 8.25. The van der Waals surface area contributed by atoms with Crippen molar-refractivity contribution in [3.8, 4) is 0 Å². The van der Waals surface area contributed by atoms with Gasteiger partial charge in [0.15, 0.2) is 0 Å². The quantitative estimate of drug-likeness (QED) is 0.905. The van der Waals surface area contributed by atoms with Gasteiger partial charge in [-0.05, 0) is 35.9 Å². The zero-order chi connectivity index (χ0) is 12.1. The molecule has 0 aliphatic rings. The maximum absolute atomic E-state index is 11.8. The summed E-state index contributed by atoms with van der Waals surface area (Å²) in [5.74, 6) is -0.135. The van der Waals surface area contributed by atoms with Gasteiger partial charge in [-0.25, -0.2) is 0 Å². The van der Waals surface area contributed by atoms with E-state index in [1.807, 2.05) is 12.1 Å². The highest BCUT2D eigenvalue weighted by Crippen LogP contribution is 2.10. The summed E-state index contributed by atoms with van der Waals surface area (Å²) in [6, 6.07) is 10.6. The third-order valence-corrected chi connectivity index (χ3v) is 2.52. The molecule has 0 bridgehead atoms. The molecule has 4 heteroatoms. The molecule has 0 fully saturated rings. The van der Waals surface area contributed by atoms with Crippen LogP contribution in [0.25, 0.3) is 0 Å². The Balaban J connectivity index is 1.98. The third kappa shape index (κ3) is 3.29. The molecule has 1 N–H and O–H groups in total. The molecule has 0 aliphatic carbocycles. The van der Waals surface area contributed by atoms with Crippen LogP contribution in [0.4, 0.5) is 0 Å². The van der Waals surface area contributed by atoms with Crippen LogP contribution in [0, 0.1) is 0 Å². The molecule has 0 atom stereocenters. The van der Waals surface area contributed by atoms with Crippen molar-refractivity contribution < 1.29 is 4.79 Å². The average Bonchev–Trinajstić information content (AvgIpc) is 2.37. The SMILES string of the molecule is O=C(NCc1ccncc1)c1cccc(Cl)c1. The van der Waals surface area contributed by atoms with Crippen LogP contribution in [0.15, 0.2) is 48.8 Å². The van der Waals surface area contributed by atoms with Crippen LogP contribution < -0.4 is 5.32 Å². The van der Waals surface area contributed by atoms with Crippen molar-refractivity contribution in [2.45, 2.75) is 6.54 Å². The predicted octanol–water partition coefficient (Wildman–Crippen LogP) is 2.67. The Labute approximate surface area is 104 Å². The molecule has 1 heterocycles. The summed E-state index contributed by atoms with van der Waals surface area (Å²) < 4.78 is 0. The van der Waals surface area contributed by atoms with Crippen LogP contribution >= 0.6 is 11.6 Å². The molecule has 0 aliphatic heterocycles. The number of benzene rings is 1. The van der Waals surface area contributed by atoms with E-state index < -0.39 is 0 Å². The van der Waals surface area contributed by atoms with Crippen LogP contribution in [0.2, 0.25) is 5.02 Å². The minimum atomic E-state index is -0.135. The second kappa shape index (κ2) is 5.46. The molecule has 0 saturated heterocycles. The van der Waals surface area contributed by atoms with Crippen molar-refractivity contribution in [3.63, 3.8) is 0 Å². The van der Waals surface area contributed by atoms with Gasteiger partial charge < -0.3 is 5.32 Å². The topological polar surface area (TPSA) is 42.0 Å². The summed E-state index contributed by atoms with van der Waals surface area (Å²) in [6.07, 6.45) is 3.39. The minimum absolute atomic E-state index is 0.135.